The van der Waals surface area contributed by atoms with E-state index < -0.39 is 6.36 Å². The van der Waals surface area contributed by atoms with Crippen molar-refractivity contribution in [2.45, 2.75) is 39.1 Å². The van der Waals surface area contributed by atoms with Gasteiger partial charge in [0.15, 0.2) is 0 Å². The molecule has 112 valence electrons. The Kier molecular flexibility index (Phi) is 4.91. The Morgan fingerprint density at radius 2 is 2.10 bits per heavy atom. The fourth-order valence-electron chi connectivity index (χ4n) is 2.78. The van der Waals surface area contributed by atoms with Crippen molar-refractivity contribution < 1.29 is 17.9 Å². The first-order chi connectivity index (χ1) is 9.42. The molecule has 5 heteroatoms. The van der Waals surface area contributed by atoms with Crippen LogP contribution < -0.4 is 10.1 Å². The highest BCUT2D eigenvalue weighted by molar-refractivity contribution is 5.28. The van der Waals surface area contributed by atoms with Gasteiger partial charge >= 0.3 is 6.36 Å². The zero-order valence-corrected chi connectivity index (χ0v) is 11.5. The van der Waals surface area contributed by atoms with Crippen molar-refractivity contribution in [3.05, 3.63) is 29.8 Å². The highest BCUT2D eigenvalue weighted by Crippen LogP contribution is 2.29. The molecule has 1 N–H and O–H groups in total. The predicted octanol–water partition coefficient (Wildman–Crippen LogP) is 4.11. The van der Waals surface area contributed by atoms with Gasteiger partial charge in [-0.25, -0.2) is 0 Å². The highest BCUT2D eigenvalue weighted by atomic mass is 19.4. The second-order valence-corrected chi connectivity index (χ2v) is 5.61. The summed E-state index contributed by atoms with van der Waals surface area (Å²) in [6.45, 7) is 3.76. The zero-order valence-electron chi connectivity index (χ0n) is 11.5. The molecule has 0 amide bonds. The van der Waals surface area contributed by atoms with Crippen LogP contribution in [0.5, 0.6) is 5.75 Å². The lowest BCUT2D eigenvalue weighted by Gasteiger charge is -2.12. The van der Waals surface area contributed by atoms with Crippen molar-refractivity contribution in [1.29, 1.82) is 0 Å². The minimum atomic E-state index is -4.63. The van der Waals surface area contributed by atoms with Gasteiger partial charge in [0, 0.05) is 6.54 Å². The molecule has 1 aromatic rings. The normalized spacial score (nSPS) is 23.0. The Balaban J connectivity index is 1.79. The van der Waals surface area contributed by atoms with Crippen LogP contribution in [0.1, 0.15) is 31.7 Å². The van der Waals surface area contributed by atoms with Crippen molar-refractivity contribution in [2.75, 3.05) is 6.54 Å². The van der Waals surface area contributed by atoms with Gasteiger partial charge in [-0.2, -0.15) is 0 Å². The first-order valence-corrected chi connectivity index (χ1v) is 6.98. The average molecular weight is 287 g/mol. The summed E-state index contributed by atoms with van der Waals surface area (Å²) < 4.78 is 40.3. The quantitative estimate of drug-likeness (QED) is 0.880. The summed E-state index contributed by atoms with van der Waals surface area (Å²) in [6, 6.07) is 6.12. The first-order valence-electron chi connectivity index (χ1n) is 6.98. The van der Waals surface area contributed by atoms with E-state index in [0.717, 1.165) is 18.0 Å². The van der Waals surface area contributed by atoms with Crippen molar-refractivity contribution in [1.82, 2.24) is 5.32 Å². The standard InChI is InChI=1S/C15H20F3NO/c1-11-5-6-13(7-11)10-19-9-12-3-2-4-14(8-12)20-15(16,17)18/h2-4,8,11,13,19H,5-7,9-10H2,1H3. The van der Waals surface area contributed by atoms with Gasteiger partial charge in [-0.3, -0.25) is 0 Å². The lowest BCUT2D eigenvalue weighted by molar-refractivity contribution is -0.274. The first kappa shape index (κ1) is 15.2. The molecule has 1 aliphatic rings. The molecule has 1 saturated carbocycles. The third-order valence-electron chi connectivity index (χ3n) is 3.70. The summed E-state index contributed by atoms with van der Waals surface area (Å²) in [7, 11) is 0. The Morgan fingerprint density at radius 1 is 1.30 bits per heavy atom. The second-order valence-electron chi connectivity index (χ2n) is 5.61. The summed E-state index contributed by atoms with van der Waals surface area (Å²) in [5, 5.41) is 3.32. The maximum Gasteiger partial charge on any atom is 0.573 e. The Bertz CT molecular complexity index is 433. The molecule has 2 unspecified atom stereocenters. The van der Waals surface area contributed by atoms with Crippen LogP contribution in [0.2, 0.25) is 0 Å². The Labute approximate surface area is 117 Å². The zero-order chi connectivity index (χ0) is 14.6. The number of halogens is 3. The van der Waals surface area contributed by atoms with Crippen LogP contribution in [0.4, 0.5) is 13.2 Å². The molecule has 20 heavy (non-hydrogen) atoms. The molecule has 0 bridgehead atoms. The van der Waals surface area contributed by atoms with Crippen LogP contribution in [0.25, 0.3) is 0 Å². The van der Waals surface area contributed by atoms with E-state index in [1.807, 2.05) is 0 Å². The molecule has 0 aliphatic heterocycles. The number of hydrogen-bond donors (Lipinski definition) is 1. The topological polar surface area (TPSA) is 21.3 Å². The Morgan fingerprint density at radius 3 is 2.75 bits per heavy atom. The van der Waals surface area contributed by atoms with E-state index in [-0.39, 0.29) is 5.75 Å². The van der Waals surface area contributed by atoms with Crippen LogP contribution in [-0.2, 0) is 6.54 Å². The van der Waals surface area contributed by atoms with Gasteiger partial charge < -0.3 is 10.1 Å². The molecule has 0 saturated heterocycles. The van der Waals surface area contributed by atoms with Gasteiger partial charge in [-0.05, 0) is 48.9 Å². The third-order valence-corrected chi connectivity index (χ3v) is 3.70. The summed E-state index contributed by atoms with van der Waals surface area (Å²) in [4.78, 5) is 0. The monoisotopic (exact) mass is 287 g/mol. The number of benzene rings is 1. The SMILES string of the molecule is CC1CCC(CNCc2cccc(OC(F)(F)F)c2)C1. The number of hydrogen-bond acceptors (Lipinski definition) is 2. The van der Waals surface area contributed by atoms with Gasteiger partial charge in [0.25, 0.3) is 0 Å². The van der Waals surface area contributed by atoms with Gasteiger partial charge in [-0.1, -0.05) is 25.5 Å². The van der Waals surface area contributed by atoms with Crippen LogP contribution in [0, 0.1) is 11.8 Å². The predicted molar refractivity (Wildman–Crippen MR) is 71.3 cm³/mol. The van der Waals surface area contributed by atoms with E-state index >= 15 is 0 Å². The smallest absolute Gasteiger partial charge is 0.406 e. The van der Waals surface area contributed by atoms with E-state index in [1.54, 1.807) is 12.1 Å². The summed E-state index contributed by atoms with van der Waals surface area (Å²) >= 11 is 0. The molecule has 0 heterocycles. The summed E-state index contributed by atoms with van der Waals surface area (Å²) in [5.74, 6) is 1.33. The van der Waals surface area contributed by atoms with Gasteiger partial charge in [0.1, 0.15) is 5.75 Å². The second kappa shape index (κ2) is 6.48. The molecule has 2 rings (SSSR count). The lowest BCUT2D eigenvalue weighted by atomic mass is 10.1. The van der Waals surface area contributed by atoms with Crippen molar-refractivity contribution in [3.63, 3.8) is 0 Å². The summed E-state index contributed by atoms with van der Waals surface area (Å²) in [5.41, 5.74) is 0.804. The molecule has 1 fully saturated rings. The summed E-state index contributed by atoms with van der Waals surface area (Å²) in [6.07, 6.45) is -0.872. The van der Waals surface area contributed by atoms with Crippen molar-refractivity contribution >= 4 is 0 Å². The van der Waals surface area contributed by atoms with Gasteiger partial charge in [0.2, 0.25) is 0 Å². The molecule has 0 spiro atoms. The Hall–Kier alpha value is -1.23. The number of nitrogens with one attached hydrogen (secondary N) is 1. The van der Waals surface area contributed by atoms with E-state index in [1.165, 1.54) is 31.4 Å². The molecule has 2 nitrogen and oxygen atoms in total. The third kappa shape index (κ3) is 5.04. The van der Waals surface area contributed by atoms with Crippen LogP contribution in [0.3, 0.4) is 0 Å². The number of ether oxygens (including phenoxy) is 1. The number of rotatable bonds is 5. The average Bonchev–Trinajstić information content (AvgIpc) is 2.73. The van der Waals surface area contributed by atoms with Crippen molar-refractivity contribution in [2.24, 2.45) is 11.8 Å². The number of alkyl halides is 3. The fraction of sp³-hybridized carbons (Fsp3) is 0.600. The van der Waals surface area contributed by atoms with Crippen LogP contribution in [0.15, 0.2) is 24.3 Å². The van der Waals surface area contributed by atoms with Crippen LogP contribution >= 0.6 is 0 Å². The van der Waals surface area contributed by atoms with E-state index in [0.29, 0.717) is 12.5 Å². The van der Waals surface area contributed by atoms with Gasteiger partial charge in [-0.15, -0.1) is 13.2 Å². The highest BCUT2D eigenvalue weighted by Gasteiger charge is 2.31. The van der Waals surface area contributed by atoms with Gasteiger partial charge in [0.05, 0.1) is 0 Å². The van der Waals surface area contributed by atoms with Crippen molar-refractivity contribution in [3.8, 4) is 5.75 Å². The molecular weight excluding hydrogens is 267 g/mol. The maximum absolute atomic E-state index is 12.1. The minimum absolute atomic E-state index is 0.161. The maximum atomic E-state index is 12.1. The molecule has 2 atom stereocenters. The van der Waals surface area contributed by atoms with E-state index in [9.17, 15) is 13.2 Å². The molecule has 0 aromatic heterocycles. The minimum Gasteiger partial charge on any atom is -0.406 e. The fourth-order valence-corrected chi connectivity index (χ4v) is 2.78. The largest absolute Gasteiger partial charge is 0.573 e. The van der Waals surface area contributed by atoms with E-state index in [2.05, 4.69) is 17.0 Å². The molecule has 1 aromatic carbocycles. The molecule has 1 aliphatic carbocycles. The molecular formula is C15H20F3NO. The molecule has 0 radical (unpaired) electrons. The van der Waals surface area contributed by atoms with E-state index in [4.69, 9.17) is 0 Å². The van der Waals surface area contributed by atoms with Crippen LogP contribution in [-0.4, -0.2) is 12.9 Å². The lowest BCUT2D eigenvalue weighted by Crippen LogP contribution is -2.21.